The van der Waals surface area contributed by atoms with Gasteiger partial charge in [0, 0.05) is 18.1 Å². The summed E-state index contributed by atoms with van der Waals surface area (Å²) >= 11 is 6.10. The van der Waals surface area contributed by atoms with E-state index in [4.69, 9.17) is 16.3 Å². The van der Waals surface area contributed by atoms with Crippen molar-refractivity contribution in [1.29, 1.82) is 0 Å². The molecule has 162 valence electrons. The minimum atomic E-state index is -3.73. The summed E-state index contributed by atoms with van der Waals surface area (Å²) < 4.78 is 31.5. The van der Waals surface area contributed by atoms with E-state index in [1.165, 1.54) is 4.31 Å². The van der Waals surface area contributed by atoms with Crippen molar-refractivity contribution < 1.29 is 22.7 Å². The first kappa shape index (κ1) is 23.5. The van der Waals surface area contributed by atoms with Gasteiger partial charge in [0.1, 0.15) is 6.04 Å². The van der Waals surface area contributed by atoms with E-state index in [0.29, 0.717) is 55.2 Å². The quantitative estimate of drug-likeness (QED) is 0.603. The predicted octanol–water partition coefficient (Wildman–Crippen LogP) is 2.99. The Morgan fingerprint density at radius 1 is 1.28 bits per heavy atom. The van der Waals surface area contributed by atoms with Gasteiger partial charge in [-0.15, -0.1) is 0 Å². The van der Waals surface area contributed by atoms with E-state index < -0.39 is 16.1 Å². The number of carbonyl (C=O) groups excluding carboxylic acids is 2. The summed E-state index contributed by atoms with van der Waals surface area (Å²) in [7, 11) is -3.73. The maximum atomic E-state index is 13.3. The molecule has 1 aliphatic heterocycles. The molecule has 0 unspecified atom stereocenters. The number of aryl methyl sites for hydroxylation is 1. The van der Waals surface area contributed by atoms with Gasteiger partial charge in [-0.05, 0) is 50.8 Å². The van der Waals surface area contributed by atoms with Crippen LogP contribution < -0.4 is 4.31 Å². The molecule has 1 heterocycles. The van der Waals surface area contributed by atoms with Crippen molar-refractivity contribution in [1.82, 2.24) is 4.90 Å². The molecular weight excluding hydrogens is 416 g/mol. The molecule has 1 aromatic carbocycles. The Hall–Kier alpha value is -1.80. The van der Waals surface area contributed by atoms with E-state index in [1.54, 1.807) is 43.9 Å². The summed E-state index contributed by atoms with van der Waals surface area (Å²) in [6, 6.07) is 4.11. The molecule has 0 spiro atoms. The number of hydrogen-bond acceptors (Lipinski definition) is 5. The second-order valence-electron chi connectivity index (χ2n) is 7.27. The number of ether oxygens (including phenoxy) is 1. The van der Waals surface area contributed by atoms with E-state index in [-0.39, 0.29) is 17.8 Å². The Morgan fingerprint density at radius 2 is 1.90 bits per heavy atom. The van der Waals surface area contributed by atoms with Gasteiger partial charge in [-0.2, -0.15) is 0 Å². The van der Waals surface area contributed by atoms with Crippen molar-refractivity contribution in [3.8, 4) is 0 Å². The molecule has 1 aliphatic rings. The lowest BCUT2D eigenvalue weighted by Crippen LogP contribution is -2.53. The first-order valence-corrected chi connectivity index (χ1v) is 12.0. The van der Waals surface area contributed by atoms with Gasteiger partial charge in [-0.3, -0.25) is 13.9 Å². The van der Waals surface area contributed by atoms with Crippen LogP contribution in [0.1, 0.15) is 38.7 Å². The predicted molar refractivity (Wildman–Crippen MR) is 114 cm³/mol. The molecule has 0 radical (unpaired) electrons. The molecule has 29 heavy (non-hydrogen) atoms. The largest absolute Gasteiger partial charge is 0.466 e. The number of amides is 1. The van der Waals surface area contributed by atoms with Crippen molar-refractivity contribution in [2.75, 3.05) is 30.3 Å². The van der Waals surface area contributed by atoms with Crippen LogP contribution in [0.3, 0.4) is 0 Å². The van der Waals surface area contributed by atoms with Crippen molar-refractivity contribution in [2.45, 2.75) is 46.1 Å². The van der Waals surface area contributed by atoms with Crippen molar-refractivity contribution in [2.24, 2.45) is 5.92 Å². The first-order chi connectivity index (χ1) is 13.6. The Kier molecular flexibility index (Phi) is 7.94. The highest BCUT2D eigenvalue weighted by Crippen LogP contribution is 2.30. The number of rotatable bonds is 7. The minimum Gasteiger partial charge on any atom is -0.466 e. The smallest absolute Gasteiger partial charge is 0.309 e. The third-order valence-corrected chi connectivity index (χ3v) is 6.55. The highest BCUT2D eigenvalue weighted by molar-refractivity contribution is 7.92. The lowest BCUT2D eigenvalue weighted by molar-refractivity contribution is -0.151. The molecule has 1 saturated heterocycles. The molecule has 0 N–H and O–H groups in total. The number of nitrogens with zero attached hydrogens (tertiary/aromatic N) is 2. The minimum absolute atomic E-state index is 0.222. The van der Waals surface area contributed by atoms with Crippen LogP contribution in [0.15, 0.2) is 18.2 Å². The zero-order valence-electron chi connectivity index (χ0n) is 17.4. The molecule has 1 atom stereocenters. The van der Waals surface area contributed by atoms with Crippen LogP contribution in [-0.2, 0) is 24.3 Å². The molecule has 0 aliphatic carbocycles. The highest BCUT2D eigenvalue weighted by atomic mass is 35.5. The molecule has 1 amide bonds. The first-order valence-electron chi connectivity index (χ1n) is 9.81. The Bertz CT molecular complexity index is 850. The molecule has 7 nitrogen and oxygen atoms in total. The second kappa shape index (κ2) is 9.80. The summed E-state index contributed by atoms with van der Waals surface area (Å²) in [5, 5.41) is 0.400. The summed E-state index contributed by atoms with van der Waals surface area (Å²) in [5.41, 5.74) is 1.12. The van der Waals surface area contributed by atoms with Crippen LogP contribution in [0.4, 0.5) is 5.69 Å². The topological polar surface area (TPSA) is 84.0 Å². The average molecular weight is 445 g/mol. The van der Waals surface area contributed by atoms with Crippen molar-refractivity contribution in [3.63, 3.8) is 0 Å². The lowest BCUT2D eigenvalue weighted by atomic mass is 9.96. The molecule has 1 fully saturated rings. The number of likely N-dealkylation sites (tertiary alicyclic amines) is 1. The van der Waals surface area contributed by atoms with E-state index >= 15 is 0 Å². The van der Waals surface area contributed by atoms with Crippen molar-refractivity contribution in [3.05, 3.63) is 28.8 Å². The molecule has 0 bridgehead atoms. The van der Waals surface area contributed by atoms with Gasteiger partial charge in [0.05, 0.1) is 24.5 Å². The molecule has 1 aromatic rings. The number of piperidine rings is 1. The van der Waals surface area contributed by atoms with Crippen molar-refractivity contribution >= 4 is 39.2 Å². The third-order valence-electron chi connectivity index (χ3n) is 5.15. The zero-order valence-corrected chi connectivity index (χ0v) is 18.9. The van der Waals surface area contributed by atoms with Crippen LogP contribution in [-0.4, -0.2) is 57.2 Å². The Morgan fingerprint density at radius 3 is 2.41 bits per heavy atom. The van der Waals surface area contributed by atoms with Crippen LogP contribution in [0, 0.1) is 12.8 Å². The van der Waals surface area contributed by atoms with Gasteiger partial charge < -0.3 is 9.64 Å². The fourth-order valence-electron chi connectivity index (χ4n) is 3.64. The van der Waals surface area contributed by atoms with Crippen LogP contribution >= 0.6 is 11.6 Å². The summed E-state index contributed by atoms with van der Waals surface area (Å²) in [4.78, 5) is 26.8. The monoisotopic (exact) mass is 444 g/mol. The fraction of sp³-hybridized carbons (Fsp3) is 0.600. The number of anilines is 1. The lowest BCUT2D eigenvalue weighted by Gasteiger charge is -2.37. The number of esters is 1. The van der Waals surface area contributed by atoms with Gasteiger partial charge in [0.2, 0.25) is 15.9 Å². The van der Waals surface area contributed by atoms with E-state index in [1.807, 2.05) is 0 Å². The second-order valence-corrected chi connectivity index (χ2v) is 9.56. The Balaban J connectivity index is 2.26. The van der Waals surface area contributed by atoms with Gasteiger partial charge in [-0.1, -0.05) is 24.6 Å². The molecule has 0 aromatic heterocycles. The van der Waals surface area contributed by atoms with Gasteiger partial charge in [0.15, 0.2) is 0 Å². The van der Waals surface area contributed by atoms with Crippen LogP contribution in [0.2, 0.25) is 5.02 Å². The summed E-state index contributed by atoms with van der Waals surface area (Å²) in [6.07, 6.45) is 2.43. The normalized spacial score (nSPS) is 16.4. The SMILES string of the molecule is CCOC(=O)C1CCN(C(=O)[C@H](CC)N(c2cc(Cl)ccc2C)S(C)(=O)=O)CC1. The number of carbonyl (C=O) groups is 2. The molecular formula is C20H29ClN2O5S. The number of benzene rings is 1. The number of sulfonamides is 1. The zero-order chi connectivity index (χ0) is 21.8. The molecule has 2 rings (SSSR count). The highest BCUT2D eigenvalue weighted by Gasteiger charge is 2.37. The molecule has 0 saturated carbocycles. The van der Waals surface area contributed by atoms with Gasteiger partial charge >= 0.3 is 5.97 Å². The van der Waals surface area contributed by atoms with E-state index in [0.717, 1.165) is 6.26 Å². The van der Waals surface area contributed by atoms with Gasteiger partial charge in [-0.25, -0.2) is 8.42 Å². The summed E-state index contributed by atoms with van der Waals surface area (Å²) in [5.74, 6) is -0.723. The molecule has 9 heteroatoms. The third kappa shape index (κ3) is 5.63. The maximum absolute atomic E-state index is 13.3. The van der Waals surface area contributed by atoms with Crippen LogP contribution in [0.25, 0.3) is 0 Å². The van der Waals surface area contributed by atoms with E-state index in [9.17, 15) is 18.0 Å². The fourth-order valence-corrected chi connectivity index (χ4v) is 5.07. The number of halogens is 1. The maximum Gasteiger partial charge on any atom is 0.309 e. The van der Waals surface area contributed by atoms with Gasteiger partial charge in [0.25, 0.3) is 0 Å². The summed E-state index contributed by atoms with van der Waals surface area (Å²) in [6.45, 7) is 6.45. The van der Waals surface area contributed by atoms with E-state index in [2.05, 4.69) is 0 Å². The average Bonchev–Trinajstić information content (AvgIpc) is 2.67. The standard InChI is InChI=1S/C20H29ClN2O5S/c1-5-17(19(24)22-11-9-15(10-12-22)20(25)28-6-2)23(29(4,26)27)18-13-16(21)8-7-14(18)3/h7-8,13,15,17H,5-6,9-12H2,1-4H3/t17-/m0/s1. The Labute approximate surface area is 178 Å². The number of hydrogen-bond donors (Lipinski definition) is 0. The van der Waals surface area contributed by atoms with Crippen LogP contribution in [0.5, 0.6) is 0 Å².